The van der Waals surface area contributed by atoms with Gasteiger partial charge >= 0.3 is 0 Å². The summed E-state index contributed by atoms with van der Waals surface area (Å²) in [6.45, 7) is 5.78. The quantitative estimate of drug-likeness (QED) is 0.627. The third-order valence-corrected chi connectivity index (χ3v) is 2.95. The first-order valence-electron chi connectivity index (χ1n) is 5.03. The standard InChI is InChI=1S/C11H18O2/c1-7-4-8(2)10(5-7)11(13)6-9(3)12/h7-8,10H,4-6H2,1-3H3. The lowest BCUT2D eigenvalue weighted by atomic mass is 9.91. The second-order valence-corrected chi connectivity index (χ2v) is 4.51. The number of carbonyl (C=O) groups excluding carboxylic acids is 2. The zero-order chi connectivity index (χ0) is 10.0. The molecule has 0 aliphatic heterocycles. The van der Waals surface area contributed by atoms with E-state index < -0.39 is 0 Å². The molecule has 1 aliphatic rings. The van der Waals surface area contributed by atoms with E-state index in [2.05, 4.69) is 13.8 Å². The smallest absolute Gasteiger partial charge is 0.143 e. The zero-order valence-electron chi connectivity index (χ0n) is 8.67. The van der Waals surface area contributed by atoms with Crippen LogP contribution in [0.5, 0.6) is 0 Å². The fourth-order valence-corrected chi connectivity index (χ4v) is 2.39. The van der Waals surface area contributed by atoms with Gasteiger partial charge in [0.05, 0.1) is 6.42 Å². The molecule has 13 heavy (non-hydrogen) atoms. The average molecular weight is 182 g/mol. The maximum atomic E-state index is 11.6. The molecule has 0 spiro atoms. The number of hydrogen-bond donors (Lipinski definition) is 0. The van der Waals surface area contributed by atoms with E-state index >= 15 is 0 Å². The lowest BCUT2D eigenvalue weighted by Gasteiger charge is -2.12. The molecule has 3 atom stereocenters. The summed E-state index contributed by atoms with van der Waals surface area (Å²) in [6, 6.07) is 0. The van der Waals surface area contributed by atoms with Gasteiger partial charge in [-0.25, -0.2) is 0 Å². The Morgan fingerprint density at radius 1 is 1.23 bits per heavy atom. The van der Waals surface area contributed by atoms with E-state index in [0.29, 0.717) is 11.8 Å². The molecule has 3 unspecified atom stereocenters. The number of ketones is 2. The predicted octanol–water partition coefficient (Wildman–Crippen LogP) is 2.22. The fraction of sp³-hybridized carbons (Fsp3) is 0.818. The first-order valence-corrected chi connectivity index (χ1v) is 5.03. The predicted molar refractivity (Wildman–Crippen MR) is 51.4 cm³/mol. The Bertz CT molecular complexity index is 220. The van der Waals surface area contributed by atoms with E-state index in [1.54, 1.807) is 0 Å². The van der Waals surface area contributed by atoms with Gasteiger partial charge in [-0.3, -0.25) is 9.59 Å². The van der Waals surface area contributed by atoms with Crippen LogP contribution >= 0.6 is 0 Å². The molecular formula is C11H18O2. The van der Waals surface area contributed by atoms with Crippen LogP contribution in [0, 0.1) is 17.8 Å². The molecule has 0 aromatic heterocycles. The fourth-order valence-electron chi connectivity index (χ4n) is 2.39. The maximum absolute atomic E-state index is 11.6. The molecule has 1 fully saturated rings. The lowest BCUT2D eigenvalue weighted by Crippen LogP contribution is -2.19. The van der Waals surface area contributed by atoms with Crippen molar-refractivity contribution >= 4 is 11.6 Å². The molecule has 0 bridgehead atoms. The van der Waals surface area contributed by atoms with Crippen LogP contribution in [-0.4, -0.2) is 11.6 Å². The first kappa shape index (κ1) is 10.4. The second kappa shape index (κ2) is 4.03. The summed E-state index contributed by atoms with van der Waals surface area (Å²) in [4.78, 5) is 22.4. The third-order valence-electron chi connectivity index (χ3n) is 2.95. The minimum absolute atomic E-state index is 0.00301. The van der Waals surface area contributed by atoms with Crippen molar-refractivity contribution in [1.29, 1.82) is 0 Å². The minimum atomic E-state index is -0.00301. The van der Waals surface area contributed by atoms with Crippen molar-refractivity contribution < 1.29 is 9.59 Å². The van der Waals surface area contributed by atoms with Gasteiger partial charge in [0.15, 0.2) is 0 Å². The first-order chi connectivity index (χ1) is 6.00. The molecule has 1 rings (SSSR count). The van der Waals surface area contributed by atoms with Gasteiger partial charge in [0, 0.05) is 5.92 Å². The van der Waals surface area contributed by atoms with Gasteiger partial charge in [-0.15, -0.1) is 0 Å². The Kier molecular flexibility index (Phi) is 3.23. The Hall–Kier alpha value is -0.660. The van der Waals surface area contributed by atoms with Crippen molar-refractivity contribution in [2.75, 3.05) is 0 Å². The van der Waals surface area contributed by atoms with Gasteiger partial charge in [0.1, 0.15) is 11.6 Å². The van der Waals surface area contributed by atoms with Crippen molar-refractivity contribution in [3.63, 3.8) is 0 Å². The molecule has 0 heterocycles. The van der Waals surface area contributed by atoms with Gasteiger partial charge in [0.2, 0.25) is 0 Å². The number of hydrogen-bond acceptors (Lipinski definition) is 2. The highest BCUT2D eigenvalue weighted by atomic mass is 16.1. The Morgan fingerprint density at radius 3 is 2.23 bits per heavy atom. The molecule has 2 nitrogen and oxygen atoms in total. The lowest BCUT2D eigenvalue weighted by molar-refractivity contribution is -0.129. The maximum Gasteiger partial charge on any atom is 0.143 e. The summed E-state index contributed by atoms with van der Waals surface area (Å²) >= 11 is 0. The molecule has 0 saturated heterocycles. The van der Waals surface area contributed by atoms with Crippen LogP contribution in [0.3, 0.4) is 0 Å². The monoisotopic (exact) mass is 182 g/mol. The van der Waals surface area contributed by atoms with Crippen LogP contribution in [0.2, 0.25) is 0 Å². The molecule has 0 aromatic rings. The Morgan fingerprint density at radius 2 is 1.85 bits per heavy atom. The van der Waals surface area contributed by atoms with Gasteiger partial charge in [-0.05, 0) is 31.6 Å². The number of carbonyl (C=O) groups is 2. The van der Waals surface area contributed by atoms with Crippen molar-refractivity contribution in [3.8, 4) is 0 Å². The highest BCUT2D eigenvalue weighted by Gasteiger charge is 2.33. The molecule has 0 amide bonds. The van der Waals surface area contributed by atoms with Crippen molar-refractivity contribution in [2.24, 2.45) is 17.8 Å². The van der Waals surface area contributed by atoms with E-state index in [1.165, 1.54) is 6.92 Å². The van der Waals surface area contributed by atoms with Crippen molar-refractivity contribution in [1.82, 2.24) is 0 Å². The second-order valence-electron chi connectivity index (χ2n) is 4.51. The topological polar surface area (TPSA) is 34.1 Å². The van der Waals surface area contributed by atoms with Gasteiger partial charge in [-0.2, -0.15) is 0 Å². The average Bonchev–Trinajstić information content (AvgIpc) is 2.28. The minimum Gasteiger partial charge on any atom is -0.300 e. The summed E-state index contributed by atoms with van der Waals surface area (Å²) in [5, 5.41) is 0. The van der Waals surface area contributed by atoms with Crippen molar-refractivity contribution in [3.05, 3.63) is 0 Å². The van der Waals surface area contributed by atoms with Gasteiger partial charge in [0.25, 0.3) is 0 Å². The van der Waals surface area contributed by atoms with Crippen LogP contribution in [0.15, 0.2) is 0 Å². The van der Waals surface area contributed by atoms with Crippen LogP contribution in [0.1, 0.15) is 40.0 Å². The molecule has 0 aromatic carbocycles. The zero-order valence-corrected chi connectivity index (χ0v) is 8.67. The molecule has 0 N–H and O–H groups in total. The SMILES string of the molecule is CC(=O)CC(=O)C1CC(C)CC1C. The van der Waals surface area contributed by atoms with E-state index in [9.17, 15) is 9.59 Å². The van der Waals surface area contributed by atoms with Crippen LogP contribution in [0.25, 0.3) is 0 Å². The normalized spacial score (nSPS) is 33.3. The van der Waals surface area contributed by atoms with Crippen LogP contribution in [-0.2, 0) is 9.59 Å². The Labute approximate surface area is 79.7 Å². The molecular weight excluding hydrogens is 164 g/mol. The van der Waals surface area contributed by atoms with Crippen LogP contribution in [0.4, 0.5) is 0 Å². The molecule has 1 aliphatic carbocycles. The number of rotatable bonds is 3. The van der Waals surface area contributed by atoms with Gasteiger partial charge in [-0.1, -0.05) is 13.8 Å². The van der Waals surface area contributed by atoms with Crippen molar-refractivity contribution in [2.45, 2.75) is 40.0 Å². The van der Waals surface area contributed by atoms with E-state index in [-0.39, 0.29) is 23.9 Å². The number of Topliss-reactive ketones (excluding diaryl/α,β-unsaturated/α-hetero) is 2. The van der Waals surface area contributed by atoms with E-state index in [0.717, 1.165) is 12.8 Å². The summed E-state index contributed by atoms with van der Waals surface area (Å²) < 4.78 is 0. The summed E-state index contributed by atoms with van der Waals surface area (Å²) in [6.07, 6.45) is 2.25. The molecule has 0 radical (unpaired) electrons. The molecule has 74 valence electrons. The molecule has 2 heteroatoms. The highest BCUT2D eigenvalue weighted by Crippen LogP contribution is 2.36. The summed E-state index contributed by atoms with van der Waals surface area (Å²) in [5.41, 5.74) is 0. The third kappa shape index (κ3) is 2.64. The van der Waals surface area contributed by atoms with Gasteiger partial charge < -0.3 is 0 Å². The highest BCUT2D eigenvalue weighted by molar-refractivity contribution is 5.99. The Balaban J connectivity index is 2.52. The van der Waals surface area contributed by atoms with Crippen LogP contribution < -0.4 is 0 Å². The molecule has 1 saturated carbocycles. The summed E-state index contributed by atoms with van der Waals surface area (Å²) in [7, 11) is 0. The van der Waals surface area contributed by atoms with E-state index in [4.69, 9.17) is 0 Å². The van der Waals surface area contributed by atoms with E-state index in [1.807, 2.05) is 0 Å². The largest absolute Gasteiger partial charge is 0.300 e. The summed E-state index contributed by atoms with van der Waals surface area (Å²) in [5.74, 6) is 1.43.